The number of nitrogens with zero attached hydrogens (tertiary/aromatic N) is 4. The quantitative estimate of drug-likeness (QED) is 0.181. The van der Waals surface area contributed by atoms with Crippen LogP contribution in [0.3, 0.4) is 0 Å². The van der Waals surface area contributed by atoms with Gasteiger partial charge in [-0.15, -0.1) is 11.3 Å². The summed E-state index contributed by atoms with van der Waals surface area (Å²) in [6.07, 6.45) is 0. The molecule has 0 atom stereocenters. The number of hydrogen-bond donors (Lipinski definition) is 0. The van der Waals surface area contributed by atoms with Gasteiger partial charge >= 0.3 is 0 Å². The summed E-state index contributed by atoms with van der Waals surface area (Å²) >= 11 is 1.81. The van der Waals surface area contributed by atoms with Crippen molar-refractivity contribution in [3.8, 4) is 62.5 Å². The lowest BCUT2D eigenvalue weighted by Crippen LogP contribution is -2.01. The molecule has 242 valence electrons. The number of hydrogen-bond acceptors (Lipinski definition) is 6. The smallest absolute Gasteiger partial charge is 0.165 e. The van der Waals surface area contributed by atoms with E-state index in [1.807, 2.05) is 84.1 Å². The topological polar surface area (TPSA) is 75.6 Å². The third kappa shape index (κ3) is 5.11. The highest BCUT2D eigenvalue weighted by Gasteiger charge is 2.18. The van der Waals surface area contributed by atoms with Gasteiger partial charge in [0.2, 0.25) is 0 Å². The minimum absolute atomic E-state index is 0.449. The molecule has 52 heavy (non-hydrogen) atoms. The normalized spacial score (nSPS) is 11.4. The predicted molar refractivity (Wildman–Crippen MR) is 212 cm³/mol. The SMILES string of the molecule is N#Cc1ccccc1-c1nc(-c2ccccc2)nc(-c2cc(-c3ccc4oc5ccccc5c4c3)cc(-c3ccc4sc5ccccc5c4c3)c2)n1. The van der Waals surface area contributed by atoms with Crippen LogP contribution in [0.1, 0.15) is 5.56 Å². The van der Waals surface area contributed by atoms with E-state index in [4.69, 9.17) is 19.4 Å². The number of fused-ring (bicyclic) bond motifs is 6. The van der Waals surface area contributed by atoms with Crippen molar-refractivity contribution >= 4 is 53.4 Å². The van der Waals surface area contributed by atoms with E-state index in [9.17, 15) is 5.26 Å². The summed E-state index contributed by atoms with van der Waals surface area (Å²) < 4.78 is 8.70. The molecule has 0 aliphatic carbocycles. The number of thiophene rings is 1. The molecular weight excluding hydrogens is 657 g/mol. The van der Waals surface area contributed by atoms with E-state index in [2.05, 4.69) is 84.9 Å². The minimum Gasteiger partial charge on any atom is -0.456 e. The molecule has 0 fully saturated rings. The van der Waals surface area contributed by atoms with Crippen molar-refractivity contribution in [2.75, 3.05) is 0 Å². The first-order chi connectivity index (χ1) is 25.7. The summed E-state index contributed by atoms with van der Waals surface area (Å²) in [5.41, 5.74) is 8.81. The lowest BCUT2D eigenvalue weighted by Gasteiger charge is -2.13. The largest absolute Gasteiger partial charge is 0.456 e. The van der Waals surface area contributed by atoms with Crippen molar-refractivity contribution in [3.63, 3.8) is 0 Å². The highest BCUT2D eigenvalue weighted by atomic mass is 32.1. The van der Waals surface area contributed by atoms with Gasteiger partial charge in [-0.25, -0.2) is 15.0 Å². The van der Waals surface area contributed by atoms with Gasteiger partial charge in [-0.05, 0) is 89.0 Å². The number of aromatic nitrogens is 3. The lowest BCUT2D eigenvalue weighted by atomic mass is 9.94. The van der Waals surface area contributed by atoms with Crippen LogP contribution in [0.25, 0.3) is 98.5 Å². The molecule has 10 rings (SSSR count). The second-order valence-electron chi connectivity index (χ2n) is 12.7. The molecule has 0 saturated carbocycles. The molecule has 0 N–H and O–H groups in total. The molecule has 10 aromatic rings. The Kier molecular flexibility index (Phi) is 6.98. The van der Waals surface area contributed by atoms with Crippen molar-refractivity contribution in [2.45, 2.75) is 0 Å². The monoisotopic (exact) mass is 682 g/mol. The first-order valence-electron chi connectivity index (χ1n) is 17.0. The van der Waals surface area contributed by atoms with E-state index in [0.717, 1.165) is 55.3 Å². The van der Waals surface area contributed by atoms with Crippen LogP contribution in [0.2, 0.25) is 0 Å². The number of nitriles is 1. The molecule has 0 aliphatic rings. The molecule has 0 aliphatic heterocycles. The van der Waals surface area contributed by atoms with Crippen molar-refractivity contribution in [2.24, 2.45) is 0 Å². The van der Waals surface area contributed by atoms with Gasteiger partial charge in [0, 0.05) is 47.6 Å². The second-order valence-corrected chi connectivity index (χ2v) is 13.8. The molecule has 0 bridgehead atoms. The van der Waals surface area contributed by atoms with Crippen LogP contribution in [0, 0.1) is 11.3 Å². The summed E-state index contributed by atoms with van der Waals surface area (Å²) in [5.74, 6) is 1.51. The average Bonchev–Trinajstić information content (AvgIpc) is 3.78. The van der Waals surface area contributed by atoms with Gasteiger partial charge in [0.15, 0.2) is 17.5 Å². The Labute approximate surface area is 302 Å². The van der Waals surface area contributed by atoms with Gasteiger partial charge in [0.25, 0.3) is 0 Å². The zero-order valence-corrected chi connectivity index (χ0v) is 28.4. The summed E-state index contributed by atoms with van der Waals surface area (Å²) in [5, 5.41) is 14.6. The van der Waals surface area contributed by atoms with E-state index >= 15 is 0 Å². The maximum atomic E-state index is 10.0. The number of furan rings is 1. The van der Waals surface area contributed by atoms with Crippen molar-refractivity contribution in [1.82, 2.24) is 15.0 Å². The van der Waals surface area contributed by atoms with Gasteiger partial charge in [-0.1, -0.05) is 91.0 Å². The average molecular weight is 683 g/mol. The highest BCUT2D eigenvalue weighted by molar-refractivity contribution is 7.25. The maximum Gasteiger partial charge on any atom is 0.165 e. The Balaban J connectivity index is 1.22. The molecular formula is C46H26N4OS. The van der Waals surface area contributed by atoms with Crippen molar-refractivity contribution in [3.05, 3.63) is 163 Å². The Hall–Kier alpha value is -6.94. The molecule has 3 aromatic heterocycles. The van der Waals surface area contributed by atoms with E-state index in [1.54, 1.807) is 6.07 Å². The summed E-state index contributed by atoms with van der Waals surface area (Å²) in [6, 6.07) is 56.0. The lowest BCUT2D eigenvalue weighted by molar-refractivity contribution is 0.669. The summed E-state index contributed by atoms with van der Waals surface area (Å²) in [7, 11) is 0. The fraction of sp³-hybridized carbons (Fsp3) is 0. The van der Waals surface area contributed by atoms with Gasteiger partial charge in [-0.3, -0.25) is 0 Å². The molecule has 0 spiro atoms. The van der Waals surface area contributed by atoms with Crippen LogP contribution in [-0.2, 0) is 0 Å². The zero-order chi connectivity index (χ0) is 34.6. The van der Waals surface area contributed by atoms with E-state index in [-0.39, 0.29) is 0 Å². The van der Waals surface area contributed by atoms with Gasteiger partial charge < -0.3 is 4.42 Å². The zero-order valence-electron chi connectivity index (χ0n) is 27.6. The first-order valence-corrected chi connectivity index (χ1v) is 17.8. The molecule has 5 nitrogen and oxygen atoms in total. The van der Waals surface area contributed by atoms with Crippen LogP contribution < -0.4 is 0 Å². The van der Waals surface area contributed by atoms with Crippen LogP contribution >= 0.6 is 11.3 Å². The third-order valence-corrected chi connectivity index (χ3v) is 10.7. The molecule has 0 saturated heterocycles. The highest BCUT2D eigenvalue weighted by Crippen LogP contribution is 2.40. The molecule has 0 radical (unpaired) electrons. The molecule has 0 unspecified atom stereocenters. The van der Waals surface area contributed by atoms with Crippen molar-refractivity contribution < 1.29 is 4.42 Å². The molecule has 0 amide bonds. The van der Waals surface area contributed by atoms with E-state index < -0.39 is 0 Å². The van der Waals surface area contributed by atoms with Crippen molar-refractivity contribution in [1.29, 1.82) is 5.26 Å². The van der Waals surface area contributed by atoms with Crippen LogP contribution in [0.5, 0.6) is 0 Å². The van der Waals surface area contributed by atoms with E-state index in [0.29, 0.717) is 28.6 Å². The second kappa shape index (κ2) is 12.1. The van der Waals surface area contributed by atoms with Gasteiger partial charge in [-0.2, -0.15) is 5.26 Å². The summed E-state index contributed by atoms with van der Waals surface area (Å²) in [6.45, 7) is 0. The minimum atomic E-state index is 0.449. The number of rotatable bonds is 5. The first kappa shape index (κ1) is 29.9. The molecule has 7 aromatic carbocycles. The fourth-order valence-electron chi connectivity index (χ4n) is 7.02. The Morgan fingerprint density at radius 3 is 1.85 bits per heavy atom. The maximum absolute atomic E-state index is 10.0. The standard InChI is InChI=1S/C46H26N4OS/c47-27-31-12-4-5-13-35(31)46-49-44(28-10-2-1-3-11-28)48-45(50-46)34-23-32(29-18-20-41-38(25-29)36-14-6-8-16-40(36)51-41)22-33(24-34)30-19-21-43-39(26-30)37-15-7-9-17-42(37)52-43/h1-26H. The Bertz CT molecular complexity index is 2910. The van der Waals surface area contributed by atoms with Gasteiger partial charge in [0.1, 0.15) is 11.2 Å². The Morgan fingerprint density at radius 1 is 0.423 bits per heavy atom. The van der Waals surface area contributed by atoms with Crippen LogP contribution in [0.15, 0.2) is 162 Å². The number of benzene rings is 7. The fourth-order valence-corrected chi connectivity index (χ4v) is 8.11. The van der Waals surface area contributed by atoms with Gasteiger partial charge in [0.05, 0.1) is 11.6 Å². The van der Waals surface area contributed by atoms with E-state index in [1.165, 1.54) is 20.2 Å². The van der Waals surface area contributed by atoms with Crippen LogP contribution in [0.4, 0.5) is 0 Å². The molecule has 6 heteroatoms. The Morgan fingerprint density at radius 2 is 1.02 bits per heavy atom. The van der Waals surface area contributed by atoms with Crippen LogP contribution in [-0.4, -0.2) is 15.0 Å². The number of para-hydroxylation sites is 1. The third-order valence-electron chi connectivity index (χ3n) is 9.57. The molecule has 3 heterocycles. The summed E-state index contributed by atoms with van der Waals surface area (Å²) in [4.78, 5) is 15.0. The predicted octanol–water partition coefficient (Wildman–Crippen LogP) is 12.3.